The summed E-state index contributed by atoms with van der Waals surface area (Å²) in [6.07, 6.45) is 1.69. The second-order valence-corrected chi connectivity index (χ2v) is 6.55. The zero-order valence-corrected chi connectivity index (χ0v) is 14.1. The molecule has 0 spiro atoms. The number of hydrogen-bond donors (Lipinski definition) is 2. The number of nitrogens with zero attached hydrogens (tertiary/aromatic N) is 1. The van der Waals surface area contributed by atoms with Gasteiger partial charge in [0.1, 0.15) is 0 Å². The first kappa shape index (κ1) is 13.6. The number of anilines is 3. The van der Waals surface area contributed by atoms with Crippen molar-refractivity contribution < 1.29 is 0 Å². The summed E-state index contributed by atoms with van der Waals surface area (Å²) in [4.78, 5) is 4.35. The van der Waals surface area contributed by atoms with Crippen molar-refractivity contribution in [2.75, 3.05) is 11.1 Å². The lowest BCUT2D eigenvalue weighted by atomic mass is 10.1. The first-order valence-corrected chi connectivity index (χ1v) is 7.87. The highest BCUT2D eigenvalue weighted by Crippen LogP contribution is 2.32. The van der Waals surface area contributed by atoms with Crippen molar-refractivity contribution in [1.29, 1.82) is 0 Å². The van der Waals surface area contributed by atoms with Crippen LogP contribution in [0.25, 0.3) is 10.9 Å². The van der Waals surface area contributed by atoms with Crippen LogP contribution in [0.15, 0.2) is 53.1 Å². The van der Waals surface area contributed by atoms with Gasteiger partial charge in [-0.15, -0.1) is 0 Å². The average molecular weight is 440 g/mol. The molecule has 0 amide bonds. The van der Waals surface area contributed by atoms with E-state index < -0.39 is 0 Å². The number of nitrogens with one attached hydrogen (secondary N) is 1. The Kier molecular flexibility index (Phi) is 3.80. The van der Waals surface area contributed by atoms with Gasteiger partial charge in [0.2, 0.25) is 0 Å². The lowest BCUT2D eigenvalue weighted by molar-refractivity contribution is 1.40. The summed E-state index contributed by atoms with van der Waals surface area (Å²) in [6, 6.07) is 14.1. The van der Waals surface area contributed by atoms with Gasteiger partial charge in [-0.1, -0.05) is 22.0 Å². The molecule has 20 heavy (non-hydrogen) atoms. The Bertz CT molecular complexity index is 784. The molecule has 5 heteroatoms. The Labute approximate surface area is 138 Å². The molecule has 0 aliphatic rings. The molecule has 3 rings (SSSR count). The molecule has 0 atom stereocenters. The van der Waals surface area contributed by atoms with Crippen molar-refractivity contribution in [3.63, 3.8) is 0 Å². The third kappa shape index (κ3) is 2.73. The van der Waals surface area contributed by atoms with Gasteiger partial charge in [0, 0.05) is 19.1 Å². The third-order valence-corrected chi connectivity index (χ3v) is 4.12. The zero-order chi connectivity index (χ0) is 14.1. The average Bonchev–Trinajstić information content (AvgIpc) is 2.42. The molecule has 1 aromatic heterocycles. The van der Waals surface area contributed by atoms with Crippen LogP contribution in [-0.4, -0.2) is 4.98 Å². The zero-order valence-electron chi connectivity index (χ0n) is 10.4. The van der Waals surface area contributed by atoms with Gasteiger partial charge in [0.05, 0.1) is 23.1 Å². The number of aromatic nitrogens is 1. The number of fused-ring (bicyclic) bond motifs is 1. The molecule has 0 aliphatic heterocycles. The predicted molar refractivity (Wildman–Crippen MR) is 96.3 cm³/mol. The highest BCUT2D eigenvalue weighted by molar-refractivity contribution is 14.1. The van der Waals surface area contributed by atoms with E-state index in [1.165, 1.54) is 3.57 Å². The van der Waals surface area contributed by atoms with Gasteiger partial charge >= 0.3 is 0 Å². The molecule has 0 saturated carbocycles. The molecule has 100 valence electrons. The van der Waals surface area contributed by atoms with Crippen LogP contribution in [0.2, 0.25) is 0 Å². The number of nitrogen functional groups attached to an aromatic ring is 1. The van der Waals surface area contributed by atoms with Gasteiger partial charge < -0.3 is 11.1 Å². The SMILES string of the molecule is Nc1cnc2ccc(Br)cc2c1Nc1cccc(I)c1. The van der Waals surface area contributed by atoms with Gasteiger partial charge in [-0.05, 0) is 59.0 Å². The molecule has 1 heterocycles. The first-order chi connectivity index (χ1) is 9.63. The molecular weight excluding hydrogens is 429 g/mol. The third-order valence-electron chi connectivity index (χ3n) is 2.95. The summed E-state index contributed by atoms with van der Waals surface area (Å²) in [6.45, 7) is 0. The fraction of sp³-hybridized carbons (Fsp3) is 0. The molecule has 0 saturated heterocycles. The summed E-state index contributed by atoms with van der Waals surface area (Å²) < 4.78 is 2.17. The molecule has 3 nitrogen and oxygen atoms in total. The van der Waals surface area contributed by atoms with E-state index in [-0.39, 0.29) is 0 Å². The maximum atomic E-state index is 6.08. The van der Waals surface area contributed by atoms with Crippen LogP contribution in [0.4, 0.5) is 17.1 Å². The van der Waals surface area contributed by atoms with Gasteiger partial charge in [-0.3, -0.25) is 4.98 Å². The smallest absolute Gasteiger partial charge is 0.0746 e. The topological polar surface area (TPSA) is 50.9 Å². The highest BCUT2D eigenvalue weighted by atomic mass is 127. The standard InChI is InChI=1S/C15H11BrIN3/c16-9-4-5-14-12(6-9)15(13(18)8-19-14)20-11-3-1-2-10(17)7-11/h1-8H,18H2,(H,19,20). The van der Waals surface area contributed by atoms with E-state index >= 15 is 0 Å². The molecule has 0 aliphatic carbocycles. The maximum Gasteiger partial charge on any atom is 0.0746 e. The Hall–Kier alpha value is -1.34. The first-order valence-electron chi connectivity index (χ1n) is 6.00. The molecule has 3 aromatic rings. The molecule has 0 fully saturated rings. The Morgan fingerprint density at radius 3 is 2.80 bits per heavy atom. The Morgan fingerprint density at radius 2 is 2.00 bits per heavy atom. The van der Waals surface area contributed by atoms with Crippen LogP contribution in [0.5, 0.6) is 0 Å². The number of rotatable bonds is 2. The maximum absolute atomic E-state index is 6.08. The number of nitrogens with two attached hydrogens (primary N) is 1. The van der Waals surface area contributed by atoms with E-state index in [4.69, 9.17) is 5.73 Å². The van der Waals surface area contributed by atoms with E-state index in [0.29, 0.717) is 5.69 Å². The molecule has 3 N–H and O–H groups in total. The lowest BCUT2D eigenvalue weighted by Gasteiger charge is -2.12. The van der Waals surface area contributed by atoms with Crippen LogP contribution in [-0.2, 0) is 0 Å². The van der Waals surface area contributed by atoms with E-state index in [1.54, 1.807) is 6.20 Å². The number of pyridine rings is 1. The molecular formula is C15H11BrIN3. The minimum Gasteiger partial charge on any atom is -0.396 e. The summed E-state index contributed by atoms with van der Waals surface area (Å²) in [5.41, 5.74) is 9.52. The minimum atomic E-state index is 0.634. The van der Waals surface area contributed by atoms with Crippen LogP contribution < -0.4 is 11.1 Å². The number of hydrogen-bond acceptors (Lipinski definition) is 3. The fourth-order valence-corrected chi connectivity index (χ4v) is 2.93. The van der Waals surface area contributed by atoms with Crippen molar-refractivity contribution in [2.45, 2.75) is 0 Å². The largest absolute Gasteiger partial charge is 0.396 e. The van der Waals surface area contributed by atoms with Crippen molar-refractivity contribution in [3.05, 3.63) is 56.7 Å². The monoisotopic (exact) mass is 439 g/mol. The fourth-order valence-electron chi connectivity index (χ4n) is 2.03. The van der Waals surface area contributed by atoms with Crippen molar-refractivity contribution in [3.8, 4) is 0 Å². The van der Waals surface area contributed by atoms with E-state index in [9.17, 15) is 0 Å². The quantitative estimate of drug-likeness (QED) is 0.556. The van der Waals surface area contributed by atoms with Crippen molar-refractivity contribution in [2.24, 2.45) is 0 Å². The minimum absolute atomic E-state index is 0.634. The Balaban J connectivity index is 2.14. The summed E-state index contributed by atoms with van der Waals surface area (Å²) in [5, 5.41) is 4.39. The molecule has 0 radical (unpaired) electrons. The van der Waals surface area contributed by atoms with Crippen molar-refractivity contribution >= 4 is 66.5 Å². The molecule has 2 aromatic carbocycles. The van der Waals surface area contributed by atoms with E-state index in [0.717, 1.165) is 26.8 Å². The summed E-state index contributed by atoms with van der Waals surface area (Å²) >= 11 is 5.78. The van der Waals surface area contributed by atoms with Gasteiger partial charge in [0.15, 0.2) is 0 Å². The van der Waals surface area contributed by atoms with Gasteiger partial charge in [-0.2, -0.15) is 0 Å². The highest BCUT2D eigenvalue weighted by Gasteiger charge is 2.08. The molecule has 0 bridgehead atoms. The normalized spacial score (nSPS) is 10.7. The van der Waals surface area contributed by atoms with E-state index in [2.05, 4.69) is 61.0 Å². The van der Waals surface area contributed by atoms with Gasteiger partial charge in [0.25, 0.3) is 0 Å². The second-order valence-electron chi connectivity index (χ2n) is 4.39. The van der Waals surface area contributed by atoms with Crippen LogP contribution >= 0.6 is 38.5 Å². The van der Waals surface area contributed by atoms with Crippen LogP contribution in [0.3, 0.4) is 0 Å². The summed E-state index contributed by atoms with van der Waals surface area (Å²) in [5.74, 6) is 0. The summed E-state index contributed by atoms with van der Waals surface area (Å²) in [7, 11) is 0. The second kappa shape index (κ2) is 5.57. The number of halogens is 2. The number of benzene rings is 2. The predicted octanol–water partition coefficient (Wildman–Crippen LogP) is 4.93. The van der Waals surface area contributed by atoms with Crippen LogP contribution in [0.1, 0.15) is 0 Å². The lowest BCUT2D eigenvalue weighted by Crippen LogP contribution is -1.99. The van der Waals surface area contributed by atoms with Crippen molar-refractivity contribution in [1.82, 2.24) is 4.98 Å². The van der Waals surface area contributed by atoms with Crippen LogP contribution in [0, 0.1) is 3.57 Å². The molecule has 0 unspecified atom stereocenters. The van der Waals surface area contributed by atoms with E-state index in [1.807, 2.05) is 30.3 Å². The Morgan fingerprint density at radius 1 is 1.15 bits per heavy atom. The van der Waals surface area contributed by atoms with Gasteiger partial charge in [-0.25, -0.2) is 0 Å².